The van der Waals surface area contributed by atoms with Gasteiger partial charge in [0, 0.05) is 18.1 Å². The van der Waals surface area contributed by atoms with E-state index in [9.17, 15) is 9.59 Å². The molecule has 0 bridgehead atoms. The lowest BCUT2D eigenvalue weighted by atomic mass is 9.96. The number of carbonyl (C=O) groups excluding carboxylic acids is 2. The first-order valence-electron chi connectivity index (χ1n) is 10.6. The number of piperidine rings is 1. The zero-order valence-corrected chi connectivity index (χ0v) is 19.1. The van der Waals surface area contributed by atoms with Gasteiger partial charge in [0.25, 0.3) is 11.8 Å². The van der Waals surface area contributed by atoms with Crippen molar-refractivity contribution in [3.63, 3.8) is 0 Å². The molecule has 4 rings (SSSR count). The molecule has 0 radical (unpaired) electrons. The number of imide groups is 1. The number of hydrogen-bond donors (Lipinski definition) is 0. The van der Waals surface area contributed by atoms with E-state index in [1.54, 1.807) is 18.2 Å². The molecule has 1 unspecified atom stereocenters. The maximum Gasteiger partial charge on any atom is 0.282 e. The first-order valence-corrected chi connectivity index (χ1v) is 11.0. The number of rotatable bonds is 4. The molecule has 2 heterocycles. The smallest absolute Gasteiger partial charge is 0.282 e. The summed E-state index contributed by atoms with van der Waals surface area (Å²) >= 11 is 6.21. The Labute approximate surface area is 188 Å². The predicted octanol–water partition coefficient (Wildman–Crippen LogP) is 4.98. The largest absolute Gasteiger partial charge is 0.495 e. The summed E-state index contributed by atoms with van der Waals surface area (Å²) in [5, 5.41) is 0.434. The van der Waals surface area contributed by atoms with Crippen molar-refractivity contribution in [1.29, 1.82) is 0 Å². The van der Waals surface area contributed by atoms with Gasteiger partial charge in [-0.3, -0.25) is 9.59 Å². The monoisotopic (exact) mass is 438 g/mol. The molecule has 1 fully saturated rings. The first-order chi connectivity index (χ1) is 14.8. The predicted molar refractivity (Wildman–Crippen MR) is 123 cm³/mol. The van der Waals surface area contributed by atoms with E-state index in [0.717, 1.165) is 42.6 Å². The molecule has 2 aliphatic heterocycles. The highest BCUT2D eigenvalue weighted by atomic mass is 35.5. The van der Waals surface area contributed by atoms with Gasteiger partial charge < -0.3 is 9.64 Å². The van der Waals surface area contributed by atoms with Crippen LogP contribution < -0.4 is 9.64 Å². The topological polar surface area (TPSA) is 49.9 Å². The van der Waals surface area contributed by atoms with E-state index in [2.05, 4.69) is 11.8 Å². The Hall–Kier alpha value is -2.79. The molecule has 162 valence electrons. The molecular weight excluding hydrogens is 412 g/mol. The van der Waals surface area contributed by atoms with Crippen LogP contribution in [0.3, 0.4) is 0 Å². The van der Waals surface area contributed by atoms with Gasteiger partial charge in [-0.25, -0.2) is 4.90 Å². The van der Waals surface area contributed by atoms with Crippen molar-refractivity contribution in [2.24, 2.45) is 5.92 Å². The van der Waals surface area contributed by atoms with Gasteiger partial charge >= 0.3 is 0 Å². The molecule has 1 atom stereocenters. The average molecular weight is 439 g/mol. The normalized spacial score (nSPS) is 19.5. The highest BCUT2D eigenvalue weighted by molar-refractivity contribution is 6.46. The molecule has 2 aromatic carbocycles. The Kier molecular flexibility index (Phi) is 5.80. The van der Waals surface area contributed by atoms with Crippen molar-refractivity contribution in [3.05, 3.63) is 63.8 Å². The van der Waals surface area contributed by atoms with Gasteiger partial charge in [-0.15, -0.1) is 0 Å². The van der Waals surface area contributed by atoms with Crippen LogP contribution in [0.4, 0.5) is 5.69 Å². The number of halogens is 1. The zero-order chi connectivity index (χ0) is 22.3. The third kappa shape index (κ3) is 3.83. The standard InChI is InChI=1S/C25H27ClN2O3/c1-15-6-5-11-27(14-15)23-22(18-8-7-16(2)17(3)12-18)24(29)28(25(23)30)20-13-19(26)9-10-21(20)31-4/h7-10,12-13,15H,5-6,11,14H2,1-4H3. The lowest BCUT2D eigenvalue weighted by molar-refractivity contribution is -0.120. The second-order valence-electron chi connectivity index (χ2n) is 8.48. The Bertz CT molecular complexity index is 1090. The second kappa shape index (κ2) is 8.39. The molecule has 0 saturated carbocycles. The number of methoxy groups -OCH3 is 1. The SMILES string of the molecule is COc1ccc(Cl)cc1N1C(=O)C(c2ccc(C)c(C)c2)=C(N2CCCC(C)C2)C1=O. The summed E-state index contributed by atoms with van der Waals surface area (Å²) in [4.78, 5) is 30.8. The van der Waals surface area contributed by atoms with E-state index in [4.69, 9.17) is 16.3 Å². The first kappa shape index (κ1) is 21.4. The van der Waals surface area contributed by atoms with Crippen molar-refractivity contribution in [2.75, 3.05) is 25.1 Å². The van der Waals surface area contributed by atoms with Crippen LogP contribution in [-0.4, -0.2) is 36.9 Å². The molecule has 0 aliphatic carbocycles. The lowest BCUT2D eigenvalue weighted by Gasteiger charge is -2.33. The Morgan fingerprint density at radius 2 is 1.81 bits per heavy atom. The summed E-state index contributed by atoms with van der Waals surface area (Å²) in [5.41, 5.74) is 4.27. The highest BCUT2D eigenvalue weighted by Crippen LogP contribution is 2.40. The summed E-state index contributed by atoms with van der Waals surface area (Å²) in [6, 6.07) is 10.9. The van der Waals surface area contributed by atoms with Crippen LogP contribution in [0.5, 0.6) is 5.75 Å². The van der Waals surface area contributed by atoms with Gasteiger partial charge in [0.15, 0.2) is 0 Å². The molecule has 6 heteroatoms. The van der Waals surface area contributed by atoms with Crippen LogP contribution in [0.2, 0.25) is 5.02 Å². The van der Waals surface area contributed by atoms with Crippen molar-refractivity contribution in [1.82, 2.24) is 4.90 Å². The number of ether oxygens (including phenoxy) is 1. The van der Waals surface area contributed by atoms with E-state index >= 15 is 0 Å². The van der Waals surface area contributed by atoms with Crippen LogP contribution in [0.1, 0.15) is 36.5 Å². The summed E-state index contributed by atoms with van der Waals surface area (Å²) in [5.74, 6) is 0.216. The average Bonchev–Trinajstić information content (AvgIpc) is 3.00. The van der Waals surface area contributed by atoms with E-state index in [-0.39, 0.29) is 11.8 Å². The summed E-state index contributed by atoms with van der Waals surface area (Å²) in [6.07, 6.45) is 2.11. The van der Waals surface area contributed by atoms with Crippen LogP contribution in [0, 0.1) is 19.8 Å². The quantitative estimate of drug-likeness (QED) is 0.631. The molecule has 0 aromatic heterocycles. The maximum atomic E-state index is 13.7. The van der Waals surface area contributed by atoms with Gasteiger partial charge in [0.05, 0.1) is 18.4 Å². The Morgan fingerprint density at radius 1 is 1.03 bits per heavy atom. The number of carbonyl (C=O) groups is 2. The number of nitrogens with zero attached hydrogens (tertiary/aromatic N) is 2. The minimum atomic E-state index is -0.345. The lowest BCUT2D eigenvalue weighted by Crippen LogP contribution is -2.39. The number of hydrogen-bond acceptors (Lipinski definition) is 4. The third-order valence-electron chi connectivity index (χ3n) is 6.21. The fourth-order valence-corrected chi connectivity index (χ4v) is 4.58. The third-order valence-corrected chi connectivity index (χ3v) is 6.45. The van der Waals surface area contributed by atoms with Crippen LogP contribution in [0.25, 0.3) is 5.57 Å². The van der Waals surface area contributed by atoms with Crippen molar-refractivity contribution < 1.29 is 14.3 Å². The van der Waals surface area contributed by atoms with Gasteiger partial charge in [-0.05, 0) is 67.5 Å². The molecule has 0 N–H and O–H groups in total. The van der Waals surface area contributed by atoms with Crippen molar-refractivity contribution in [3.8, 4) is 5.75 Å². The Balaban J connectivity index is 1.88. The van der Waals surface area contributed by atoms with E-state index in [0.29, 0.717) is 33.6 Å². The van der Waals surface area contributed by atoms with E-state index in [1.165, 1.54) is 12.0 Å². The fourth-order valence-electron chi connectivity index (χ4n) is 4.42. The van der Waals surface area contributed by atoms with E-state index in [1.807, 2.05) is 32.0 Å². The molecule has 31 heavy (non-hydrogen) atoms. The molecular formula is C25H27ClN2O3. The van der Waals surface area contributed by atoms with E-state index < -0.39 is 0 Å². The minimum absolute atomic E-state index is 0.326. The molecule has 1 saturated heterocycles. The Morgan fingerprint density at radius 3 is 2.48 bits per heavy atom. The maximum absolute atomic E-state index is 13.7. The number of anilines is 1. The summed E-state index contributed by atoms with van der Waals surface area (Å²) in [6.45, 7) is 7.74. The molecule has 5 nitrogen and oxygen atoms in total. The van der Waals surface area contributed by atoms with Crippen LogP contribution >= 0.6 is 11.6 Å². The van der Waals surface area contributed by atoms with Gasteiger partial charge in [-0.2, -0.15) is 0 Å². The van der Waals surface area contributed by atoms with Crippen LogP contribution in [0.15, 0.2) is 42.1 Å². The van der Waals surface area contributed by atoms with Gasteiger partial charge in [0.2, 0.25) is 0 Å². The van der Waals surface area contributed by atoms with Gasteiger partial charge in [0.1, 0.15) is 11.4 Å². The number of amides is 2. The summed E-state index contributed by atoms with van der Waals surface area (Å²) < 4.78 is 5.45. The number of benzene rings is 2. The summed E-state index contributed by atoms with van der Waals surface area (Å²) in [7, 11) is 1.52. The molecule has 2 aromatic rings. The minimum Gasteiger partial charge on any atom is -0.495 e. The fraction of sp³-hybridized carbons (Fsp3) is 0.360. The molecule has 0 spiro atoms. The van der Waals surface area contributed by atoms with Crippen LogP contribution in [-0.2, 0) is 9.59 Å². The van der Waals surface area contributed by atoms with Gasteiger partial charge in [-0.1, -0.05) is 36.7 Å². The van der Waals surface area contributed by atoms with Crippen molar-refractivity contribution in [2.45, 2.75) is 33.6 Å². The van der Waals surface area contributed by atoms with Crippen molar-refractivity contribution >= 4 is 34.7 Å². The number of aryl methyl sites for hydroxylation is 2. The number of likely N-dealkylation sites (tertiary alicyclic amines) is 1. The molecule has 2 aliphatic rings. The zero-order valence-electron chi connectivity index (χ0n) is 18.4. The highest BCUT2D eigenvalue weighted by Gasteiger charge is 2.44. The molecule has 2 amide bonds. The second-order valence-corrected chi connectivity index (χ2v) is 8.91.